The van der Waals surface area contributed by atoms with Gasteiger partial charge in [0.1, 0.15) is 6.17 Å². The fraction of sp³-hybridized carbons (Fsp3) is 0.562. The van der Waals surface area contributed by atoms with Gasteiger partial charge in [0.15, 0.2) is 0 Å². The number of carbonyl (C=O) groups excluding carboxylic acids is 1. The molecule has 3 nitrogen and oxygen atoms in total. The lowest BCUT2D eigenvalue weighted by Gasteiger charge is -2.56. The van der Waals surface area contributed by atoms with Crippen LogP contribution in [0.2, 0.25) is 0 Å². The summed E-state index contributed by atoms with van der Waals surface area (Å²) in [7, 11) is 0. The highest BCUT2D eigenvalue weighted by Gasteiger charge is 2.56. The fourth-order valence-electron chi connectivity index (χ4n) is 3.07. The SMILES string of the molecule is CCN(CC)C1N(c2cccc(C(F)(F)F)c2)C(=O)C1(C)C. The second kappa shape index (κ2) is 5.57. The summed E-state index contributed by atoms with van der Waals surface area (Å²) in [5.74, 6) is -0.149. The Morgan fingerprint density at radius 1 is 1.23 bits per heavy atom. The van der Waals surface area contributed by atoms with Gasteiger partial charge in [0, 0.05) is 5.69 Å². The maximum Gasteiger partial charge on any atom is 0.416 e. The third-order valence-electron chi connectivity index (χ3n) is 4.27. The molecule has 1 amide bonds. The number of amides is 1. The zero-order chi connectivity index (χ0) is 16.7. The zero-order valence-corrected chi connectivity index (χ0v) is 13.2. The molecule has 1 unspecified atom stereocenters. The summed E-state index contributed by atoms with van der Waals surface area (Å²) in [6.07, 6.45) is -4.64. The van der Waals surface area contributed by atoms with E-state index in [1.54, 1.807) is 6.07 Å². The fourth-order valence-corrected chi connectivity index (χ4v) is 3.07. The molecule has 1 atom stereocenters. The van der Waals surface area contributed by atoms with Crippen LogP contribution in [0.3, 0.4) is 0 Å². The van der Waals surface area contributed by atoms with Crippen molar-refractivity contribution in [3.05, 3.63) is 29.8 Å². The second-order valence-electron chi connectivity index (χ2n) is 6.04. The Bertz CT molecular complexity index is 565. The molecule has 1 heterocycles. The molecule has 0 saturated carbocycles. The number of β-lactam (4-membered cyclic amide) rings is 1. The van der Waals surface area contributed by atoms with E-state index < -0.39 is 17.2 Å². The Balaban J connectivity index is 2.40. The molecule has 0 bridgehead atoms. The van der Waals surface area contributed by atoms with Crippen molar-refractivity contribution in [3.8, 4) is 0 Å². The topological polar surface area (TPSA) is 23.6 Å². The smallest absolute Gasteiger partial charge is 0.294 e. The molecule has 0 aromatic heterocycles. The summed E-state index contributed by atoms with van der Waals surface area (Å²) in [6.45, 7) is 9.09. The van der Waals surface area contributed by atoms with E-state index in [1.165, 1.54) is 11.0 Å². The summed E-state index contributed by atoms with van der Waals surface area (Å²) in [5, 5.41) is 0. The quantitative estimate of drug-likeness (QED) is 0.790. The van der Waals surface area contributed by atoms with Crippen molar-refractivity contribution >= 4 is 11.6 Å². The molecule has 1 aliphatic heterocycles. The largest absolute Gasteiger partial charge is 0.416 e. The highest BCUT2D eigenvalue weighted by atomic mass is 19.4. The van der Waals surface area contributed by atoms with Gasteiger partial charge in [-0.2, -0.15) is 13.2 Å². The number of hydrogen-bond acceptors (Lipinski definition) is 2. The van der Waals surface area contributed by atoms with Crippen LogP contribution in [0.5, 0.6) is 0 Å². The van der Waals surface area contributed by atoms with Crippen LogP contribution in [0.25, 0.3) is 0 Å². The average molecular weight is 314 g/mol. The Kier molecular flexibility index (Phi) is 4.26. The van der Waals surface area contributed by atoms with Crippen LogP contribution in [0, 0.1) is 5.41 Å². The number of rotatable bonds is 4. The number of benzene rings is 1. The van der Waals surface area contributed by atoms with Crippen molar-refractivity contribution in [2.24, 2.45) is 5.41 Å². The monoisotopic (exact) mass is 314 g/mol. The number of nitrogens with zero attached hydrogens (tertiary/aromatic N) is 2. The lowest BCUT2D eigenvalue weighted by Crippen LogP contribution is -2.73. The molecule has 1 aliphatic rings. The second-order valence-corrected chi connectivity index (χ2v) is 6.04. The first kappa shape index (κ1) is 16.8. The third kappa shape index (κ3) is 2.60. The van der Waals surface area contributed by atoms with Crippen LogP contribution in [-0.4, -0.2) is 30.1 Å². The van der Waals surface area contributed by atoms with Crippen molar-refractivity contribution in [1.29, 1.82) is 0 Å². The van der Waals surface area contributed by atoms with Crippen LogP contribution < -0.4 is 4.90 Å². The van der Waals surface area contributed by atoms with Gasteiger partial charge in [0.2, 0.25) is 5.91 Å². The number of carbonyl (C=O) groups is 1. The van der Waals surface area contributed by atoms with Gasteiger partial charge in [-0.15, -0.1) is 0 Å². The van der Waals surface area contributed by atoms with Gasteiger partial charge in [-0.1, -0.05) is 19.9 Å². The van der Waals surface area contributed by atoms with E-state index in [2.05, 4.69) is 4.90 Å². The number of halogens is 3. The van der Waals surface area contributed by atoms with Crippen molar-refractivity contribution < 1.29 is 18.0 Å². The first-order valence-electron chi connectivity index (χ1n) is 7.39. The van der Waals surface area contributed by atoms with Crippen LogP contribution >= 0.6 is 0 Å². The van der Waals surface area contributed by atoms with E-state index in [4.69, 9.17) is 0 Å². The summed E-state index contributed by atoms with van der Waals surface area (Å²) in [5.41, 5.74) is -1.03. The van der Waals surface area contributed by atoms with Crippen LogP contribution in [0.1, 0.15) is 33.3 Å². The van der Waals surface area contributed by atoms with E-state index in [9.17, 15) is 18.0 Å². The van der Waals surface area contributed by atoms with Crippen LogP contribution in [-0.2, 0) is 11.0 Å². The molecule has 1 saturated heterocycles. The molecule has 6 heteroatoms. The molecule has 22 heavy (non-hydrogen) atoms. The van der Waals surface area contributed by atoms with Gasteiger partial charge in [0.05, 0.1) is 11.0 Å². The molecule has 0 spiro atoms. The number of alkyl halides is 3. The maximum atomic E-state index is 12.9. The molecule has 0 radical (unpaired) electrons. The summed E-state index contributed by atoms with van der Waals surface area (Å²) in [6, 6.07) is 4.96. The van der Waals surface area contributed by atoms with Crippen LogP contribution in [0.4, 0.5) is 18.9 Å². The molecule has 122 valence electrons. The minimum atomic E-state index is -4.41. The minimum absolute atomic E-state index is 0.149. The lowest BCUT2D eigenvalue weighted by atomic mass is 9.77. The zero-order valence-electron chi connectivity index (χ0n) is 13.2. The predicted octanol–water partition coefficient (Wildman–Crippen LogP) is 3.75. The van der Waals surface area contributed by atoms with E-state index >= 15 is 0 Å². The molecular formula is C16H21F3N2O. The summed E-state index contributed by atoms with van der Waals surface area (Å²) < 4.78 is 38.6. The molecule has 0 N–H and O–H groups in total. The van der Waals surface area contributed by atoms with E-state index in [1.807, 2.05) is 27.7 Å². The van der Waals surface area contributed by atoms with Crippen molar-refractivity contribution in [2.75, 3.05) is 18.0 Å². The van der Waals surface area contributed by atoms with Gasteiger partial charge in [-0.3, -0.25) is 14.6 Å². The highest BCUT2D eigenvalue weighted by molar-refractivity contribution is 6.05. The average Bonchev–Trinajstić information content (AvgIpc) is 2.46. The third-order valence-corrected chi connectivity index (χ3v) is 4.27. The standard InChI is InChI=1S/C16H21F3N2O/c1-5-20(6-2)13-15(3,4)14(22)21(13)12-9-7-8-11(10-12)16(17,18)19/h7-10,13H,5-6H2,1-4H3. The minimum Gasteiger partial charge on any atom is -0.294 e. The molecule has 1 aromatic carbocycles. The van der Waals surface area contributed by atoms with Crippen molar-refractivity contribution in [3.63, 3.8) is 0 Å². The normalized spacial score (nSPS) is 21.2. The molecule has 1 fully saturated rings. The van der Waals surface area contributed by atoms with E-state index in [-0.39, 0.29) is 12.1 Å². The molecular weight excluding hydrogens is 293 g/mol. The highest BCUT2D eigenvalue weighted by Crippen LogP contribution is 2.44. The van der Waals surface area contributed by atoms with Gasteiger partial charge in [-0.25, -0.2) is 0 Å². The molecule has 2 rings (SSSR count). The summed E-state index contributed by atoms with van der Waals surface area (Å²) in [4.78, 5) is 16.0. The van der Waals surface area contributed by atoms with Crippen molar-refractivity contribution in [2.45, 2.75) is 40.0 Å². The Hall–Kier alpha value is -1.56. The Labute approximate surface area is 128 Å². The van der Waals surface area contributed by atoms with E-state index in [0.717, 1.165) is 25.2 Å². The van der Waals surface area contributed by atoms with Crippen LogP contribution in [0.15, 0.2) is 24.3 Å². The molecule has 0 aliphatic carbocycles. The first-order chi connectivity index (χ1) is 10.1. The Morgan fingerprint density at radius 3 is 2.32 bits per heavy atom. The number of anilines is 1. The van der Waals surface area contributed by atoms with Crippen molar-refractivity contribution in [1.82, 2.24) is 4.90 Å². The van der Waals surface area contributed by atoms with E-state index in [0.29, 0.717) is 5.69 Å². The van der Waals surface area contributed by atoms with Gasteiger partial charge < -0.3 is 0 Å². The van der Waals surface area contributed by atoms with Gasteiger partial charge >= 0.3 is 6.18 Å². The Morgan fingerprint density at radius 2 is 1.82 bits per heavy atom. The maximum absolute atomic E-state index is 12.9. The van der Waals surface area contributed by atoms with Gasteiger partial charge in [-0.05, 0) is 45.1 Å². The molecule has 1 aromatic rings. The lowest BCUT2D eigenvalue weighted by molar-refractivity contribution is -0.144. The first-order valence-corrected chi connectivity index (χ1v) is 7.39. The predicted molar refractivity (Wildman–Crippen MR) is 79.4 cm³/mol. The summed E-state index contributed by atoms with van der Waals surface area (Å²) >= 11 is 0. The number of hydrogen-bond donors (Lipinski definition) is 0. The van der Waals surface area contributed by atoms with Gasteiger partial charge in [0.25, 0.3) is 0 Å².